The number of hydrogen-bond acceptors (Lipinski definition) is 7. The van der Waals surface area contributed by atoms with Gasteiger partial charge in [0.1, 0.15) is 5.75 Å². The van der Waals surface area contributed by atoms with Crippen LogP contribution in [0.25, 0.3) is 0 Å². The Hall–Kier alpha value is -3.43. The lowest BCUT2D eigenvalue weighted by Gasteiger charge is -2.45. The minimum atomic E-state index is -0.191. The van der Waals surface area contributed by atoms with E-state index in [1.165, 1.54) is 17.5 Å². The normalized spacial score (nSPS) is 22.8. The molecule has 3 aromatic rings. The van der Waals surface area contributed by atoms with E-state index in [1.54, 1.807) is 26.5 Å². The summed E-state index contributed by atoms with van der Waals surface area (Å²) in [5.41, 5.74) is 1.34. The first-order valence-electron chi connectivity index (χ1n) is 12.9. The van der Waals surface area contributed by atoms with Crippen molar-refractivity contribution in [1.29, 1.82) is 0 Å². The summed E-state index contributed by atoms with van der Waals surface area (Å²) in [5.74, 6) is 2.74. The van der Waals surface area contributed by atoms with E-state index in [0.29, 0.717) is 11.9 Å². The molecule has 5 rings (SSSR count). The van der Waals surface area contributed by atoms with Gasteiger partial charge >= 0.3 is 6.03 Å². The molecule has 1 saturated carbocycles. The first-order chi connectivity index (χ1) is 18.5. The van der Waals surface area contributed by atoms with Crippen molar-refractivity contribution in [3.8, 4) is 23.1 Å². The van der Waals surface area contributed by atoms with Gasteiger partial charge in [0.15, 0.2) is 11.5 Å². The number of hydrogen-bond donors (Lipinski definition) is 2. The van der Waals surface area contributed by atoms with Crippen LogP contribution in [0.3, 0.4) is 0 Å². The number of amides is 2. The van der Waals surface area contributed by atoms with Crippen LogP contribution >= 0.6 is 11.9 Å². The number of pyridine rings is 1. The second-order valence-corrected chi connectivity index (χ2v) is 10.7. The fourth-order valence-corrected chi connectivity index (χ4v) is 6.32. The van der Waals surface area contributed by atoms with Crippen molar-refractivity contribution in [1.82, 2.24) is 19.9 Å². The fourth-order valence-electron chi connectivity index (χ4n) is 5.81. The molecule has 9 heteroatoms. The molecule has 2 aromatic carbocycles. The van der Waals surface area contributed by atoms with Crippen LogP contribution in [-0.2, 0) is 5.41 Å². The van der Waals surface area contributed by atoms with Crippen LogP contribution in [0.2, 0.25) is 0 Å². The molecule has 1 aliphatic carbocycles. The first kappa shape index (κ1) is 26.2. The largest absolute Gasteiger partial charge is 0.493 e. The zero-order chi connectivity index (χ0) is 26.5. The number of likely N-dealkylation sites (N-methyl/N-ethyl adjacent to an activating group) is 1. The molecule has 3 unspecified atom stereocenters. The molecule has 2 fully saturated rings. The van der Waals surface area contributed by atoms with Crippen molar-refractivity contribution in [3.05, 3.63) is 72.4 Å². The highest BCUT2D eigenvalue weighted by Gasteiger charge is 2.50. The molecule has 2 N–H and O–H groups in total. The van der Waals surface area contributed by atoms with Crippen LogP contribution in [0.4, 0.5) is 4.79 Å². The number of aromatic nitrogens is 1. The molecule has 2 aliphatic rings. The molecule has 1 saturated heterocycles. The number of para-hydroxylation sites is 1. The standard InChI is InChI=1S/C29H34N4O4S/c1-33-16-15-29(20-9-11-24(35-2)25(17-20)36-3)14-13-21(18-26(29)33)31-28(34)32-38-23-10-12-27(30-19-23)37-22-7-5-4-6-8-22/h4-12,17,19,21,26H,13-16,18H2,1-3H3,(H2,31,32,34). The average molecular weight is 535 g/mol. The number of likely N-dealkylation sites (tertiary alicyclic amines) is 1. The van der Waals surface area contributed by atoms with Gasteiger partial charge in [0.05, 0.1) is 14.2 Å². The lowest BCUT2D eigenvalue weighted by molar-refractivity contribution is 0.155. The molecule has 200 valence electrons. The Morgan fingerprint density at radius 2 is 1.87 bits per heavy atom. The molecule has 2 heterocycles. The Morgan fingerprint density at radius 1 is 1.05 bits per heavy atom. The third-order valence-corrected chi connectivity index (χ3v) is 8.52. The quantitative estimate of drug-likeness (QED) is 0.375. The van der Waals surface area contributed by atoms with Gasteiger partial charge in [-0.1, -0.05) is 24.3 Å². The monoisotopic (exact) mass is 534 g/mol. The van der Waals surface area contributed by atoms with Crippen molar-refractivity contribution in [2.75, 3.05) is 27.8 Å². The van der Waals surface area contributed by atoms with Crippen molar-refractivity contribution < 1.29 is 19.0 Å². The van der Waals surface area contributed by atoms with Crippen LogP contribution in [0, 0.1) is 0 Å². The number of benzene rings is 2. The van der Waals surface area contributed by atoms with Crippen LogP contribution in [0.1, 0.15) is 31.2 Å². The summed E-state index contributed by atoms with van der Waals surface area (Å²) in [4.78, 5) is 20.3. The predicted octanol–water partition coefficient (Wildman–Crippen LogP) is 5.39. The number of carbonyl (C=O) groups is 1. The van der Waals surface area contributed by atoms with Crippen LogP contribution in [0.5, 0.6) is 23.1 Å². The summed E-state index contributed by atoms with van der Waals surface area (Å²) < 4.78 is 19.7. The molecule has 2 amide bonds. The second kappa shape index (κ2) is 11.5. The first-order valence-corrected chi connectivity index (χ1v) is 13.7. The van der Waals surface area contributed by atoms with Gasteiger partial charge in [-0.3, -0.25) is 4.72 Å². The minimum absolute atomic E-state index is 0.0486. The highest BCUT2D eigenvalue weighted by atomic mass is 32.2. The van der Waals surface area contributed by atoms with Gasteiger partial charge in [0.25, 0.3) is 0 Å². The number of rotatable bonds is 8. The zero-order valence-corrected chi connectivity index (χ0v) is 22.8. The maximum Gasteiger partial charge on any atom is 0.325 e. The Balaban J connectivity index is 1.16. The van der Waals surface area contributed by atoms with E-state index in [0.717, 1.165) is 54.4 Å². The van der Waals surface area contributed by atoms with Crippen LogP contribution in [0.15, 0.2) is 71.8 Å². The van der Waals surface area contributed by atoms with Gasteiger partial charge in [-0.05, 0) is 87.1 Å². The van der Waals surface area contributed by atoms with E-state index in [-0.39, 0.29) is 17.5 Å². The third kappa shape index (κ3) is 5.54. The van der Waals surface area contributed by atoms with E-state index in [4.69, 9.17) is 14.2 Å². The summed E-state index contributed by atoms with van der Waals surface area (Å²) in [7, 11) is 5.52. The molecule has 0 radical (unpaired) electrons. The van der Waals surface area contributed by atoms with Crippen LogP contribution in [-0.4, -0.2) is 55.8 Å². The van der Waals surface area contributed by atoms with E-state index >= 15 is 0 Å². The molecule has 1 aromatic heterocycles. The van der Waals surface area contributed by atoms with Gasteiger partial charge < -0.3 is 24.4 Å². The van der Waals surface area contributed by atoms with Crippen LogP contribution < -0.4 is 24.2 Å². The molecule has 8 nitrogen and oxygen atoms in total. The van der Waals surface area contributed by atoms with Gasteiger partial charge in [-0.15, -0.1) is 0 Å². The molecule has 3 atom stereocenters. The molecular weight excluding hydrogens is 500 g/mol. The smallest absolute Gasteiger partial charge is 0.325 e. The Morgan fingerprint density at radius 3 is 2.61 bits per heavy atom. The molecular formula is C29H34N4O4S. The number of urea groups is 1. The average Bonchev–Trinajstić information content (AvgIpc) is 3.29. The zero-order valence-electron chi connectivity index (χ0n) is 22.0. The molecule has 1 aliphatic heterocycles. The lowest BCUT2D eigenvalue weighted by Crippen LogP contribution is -2.52. The van der Waals surface area contributed by atoms with Gasteiger partial charge in [-0.2, -0.15) is 0 Å². The number of nitrogens with zero attached hydrogens (tertiary/aromatic N) is 2. The highest BCUT2D eigenvalue weighted by molar-refractivity contribution is 7.98. The maximum atomic E-state index is 12.7. The van der Waals surface area contributed by atoms with Gasteiger partial charge in [-0.25, -0.2) is 9.78 Å². The lowest BCUT2D eigenvalue weighted by atomic mass is 9.65. The number of carbonyl (C=O) groups excluding carboxylic acids is 1. The fraction of sp³-hybridized carbons (Fsp3) is 0.379. The Bertz CT molecular complexity index is 1240. The summed E-state index contributed by atoms with van der Waals surface area (Å²) in [6.07, 6.45) is 5.60. The summed E-state index contributed by atoms with van der Waals surface area (Å²) in [6.45, 7) is 1.03. The van der Waals surface area contributed by atoms with E-state index in [1.807, 2.05) is 42.5 Å². The maximum absolute atomic E-state index is 12.7. The third-order valence-electron chi connectivity index (χ3n) is 7.76. The topological polar surface area (TPSA) is 85.0 Å². The number of ether oxygens (including phenoxy) is 3. The SMILES string of the molecule is COc1ccc(C23CCC(NC(=O)NSc4ccc(Oc5ccccc5)nc4)CC2N(C)CC3)cc1OC. The van der Waals surface area contributed by atoms with E-state index in [9.17, 15) is 4.79 Å². The van der Waals surface area contributed by atoms with E-state index < -0.39 is 0 Å². The Labute approximate surface area is 228 Å². The molecule has 0 bridgehead atoms. The molecule has 0 spiro atoms. The van der Waals surface area contributed by atoms with Crippen molar-refractivity contribution in [3.63, 3.8) is 0 Å². The predicted molar refractivity (Wildman–Crippen MR) is 148 cm³/mol. The van der Waals surface area contributed by atoms with Crippen molar-refractivity contribution >= 4 is 18.0 Å². The molecule has 38 heavy (non-hydrogen) atoms. The van der Waals surface area contributed by atoms with Gasteiger partial charge in [0.2, 0.25) is 5.88 Å². The summed E-state index contributed by atoms with van der Waals surface area (Å²) in [5, 5.41) is 3.19. The number of fused-ring (bicyclic) bond motifs is 1. The second-order valence-electron chi connectivity index (χ2n) is 9.87. The Kier molecular flexibility index (Phi) is 7.95. The van der Waals surface area contributed by atoms with Crippen molar-refractivity contribution in [2.45, 2.75) is 48.1 Å². The summed E-state index contributed by atoms with van der Waals surface area (Å²) in [6, 6.07) is 19.7. The minimum Gasteiger partial charge on any atom is -0.493 e. The van der Waals surface area contributed by atoms with Crippen molar-refractivity contribution in [2.24, 2.45) is 0 Å². The highest BCUT2D eigenvalue weighted by Crippen LogP contribution is 2.49. The number of nitrogens with one attached hydrogen (secondary N) is 2. The van der Waals surface area contributed by atoms with E-state index in [2.05, 4.69) is 39.1 Å². The number of methoxy groups -OCH3 is 2. The summed E-state index contributed by atoms with van der Waals surface area (Å²) >= 11 is 1.24. The van der Waals surface area contributed by atoms with Gasteiger partial charge in [0, 0.05) is 34.7 Å².